The van der Waals surface area contributed by atoms with E-state index >= 15 is 0 Å². The minimum atomic E-state index is 0.384. The van der Waals surface area contributed by atoms with Crippen molar-refractivity contribution < 1.29 is 0 Å². The lowest BCUT2D eigenvalue weighted by molar-refractivity contribution is 0.370. The van der Waals surface area contributed by atoms with Crippen molar-refractivity contribution in [2.75, 3.05) is 20.1 Å². The summed E-state index contributed by atoms with van der Waals surface area (Å²) < 4.78 is 2.03. The highest BCUT2D eigenvalue weighted by Crippen LogP contribution is 2.28. The Morgan fingerprint density at radius 1 is 1.32 bits per heavy atom. The molecule has 0 aliphatic carbocycles. The molecule has 1 aliphatic heterocycles. The fraction of sp³-hybridized carbons (Fsp3) is 0.765. The van der Waals surface area contributed by atoms with Crippen LogP contribution in [-0.4, -0.2) is 40.8 Å². The summed E-state index contributed by atoms with van der Waals surface area (Å²) in [5.41, 5.74) is 4.24. The molecule has 0 spiro atoms. The van der Waals surface area contributed by atoms with Crippen molar-refractivity contribution in [2.45, 2.75) is 53.5 Å². The number of aromatic nitrogens is 2. The Balaban J connectivity index is 2.09. The molecule has 1 fully saturated rings. The largest absolute Gasteiger partial charge is 0.352 e. The van der Waals surface area contributed by atoms with Gasteiger partial charge in [0, 0.05) is 45.0 Å². The van der Waals surface area contributed by atoms with Crippen LogP contribution in [0.5, 0.6) is 0 Å². The van der Waals surface area contributed by atoms with Gasteiger partial charge in [-0.1, -0.05) is 27.7 Å². The molecule has 124 valence electrons. The van der Waals surface area contributed by atoms with Crippen molar-refractivity contribution in [2.24, 2.45) is 17.5 Å². The minimum Gasteiger partial charge on any atom is -0.352 e. The van der Waals surface area contributed by atoms with E-state index in [0.29, 0.717) is 5.41 Å². The zero-order valence-corrected chi connectivity index (χ0v) is 15.0. The van der Waals surface area contributed by atoms with Gasteiger partial charge in [0.25, 0.3) is 0 Å². The Morgan fingerprint density at radius 2 is 2.05 bits per heavy atom. The lowest BCUT2D eigenvalue weighted by atomic mass is 9.93. The molecule has 0 aromatic carbocycles. The number of hydrogen-bond acceptors (Lipinski definition) is 2. The SMILES string of the molecule is CCc1nn(C)c(CC)c1CNC(=NC)N1CCC(C)(C)C1. The van der Waals surface area contributed by atoms with Crippen LogP contribution in [0.4, 0.5) is 0 Å². The van der Waals surface area contributed by atoms with Crippen LogP contribution in [0.2, 0.25) is 0 Å². The van der Waals surface area contributed by atoms with E-state index in [2.05, 4.69) is 48.0 Å². The maximum Gasteiger partial charge on any atom is 0.193 e. The first-order valence-electron chi connectivity index (χ1n) is 8.41. The summed E-state index contributed by atoms with van der Waals surface area (Å²) in [4.78, 5) is 6.84. The van der Waals surface area contributed by atoms with Crippen molar-refractivity contribution in [3.63, 3.8) is 0 Å². The molecule has 1 aliphatic rings. The molecule has 22 heavy (non-hydrogen) atoms. The van der Waals surface area contributed by atoms with E-state index < -0.39 is 0 Å². The lowest BCUT2D eigenvalue weighted by Crippen LogP contribution is -2.40. The van der Waals surface area contributed by atoms with Gasteiger partial charge >= 0.3 is 0 Å². The Labute approximate surface area is 134 Å². The van der Waals surface area contributed by atoms with Gasteiger partial charge in [-0.05, 0) is 24.7 Å². The van der Waals surface area contributed by atoms with Crippen molar-refractivity contribution in [1.82, 2.24) is 20.0 Å². The summed E-state index contributed by atoms with van der Waals surface area (Å²) >= 11 is 0. The maximum atomic E-state index is 4.65. The quantitative estimate of drug-likeness (QED) is 0.686. The van der Waals surface area contributed by atoms with Crippen LogP contribution in [0.3, 0.4) is 0 Å². The predicted octanol–water partition coefficient (Wildman–Crippen LogP) is 2.35. The molecule has 0 atom stereocenters. The summed E-state index contributed by atoms with van der Waals surface area (Å²) in [6, 6.07) is 0. The lowest BCUT2D eigenvalue weighted by Gasteiger charge is -2.24. The van der Waals surface area contributed by atoms with Gasteiger partial charge in [-0.25, -0.2) is 0 Å². The van der Waals surface area contributed by atoms with E-state index in [-0.39, 0.29) is 0 Å². The highest BCUT2D eigenvalue weighted by atomic mass is 15.3. The number of aryl methyl sites for hydroxylation is 2. The number of nitrogens with zero attached hydrogens (tertiary/aromatic N) is 4. The minimum absolute atomic E-state index is 0.384. The van der Waals surface area contributed by atoms with Crippen LogP contribution in [0.15, 0.2) is 4.99 Å². The first-order chi connectivity index (χ1) is 10.4. The Bertz CT molecular complexity index is 541. The van der Waals surface area contributed by atoms with Crippen LogP contribution in [-0.2, 0) is 26.4 Å². The van der Waals surface area contributed by atoms with Gasteiger partial charge in [0.2, 0.25) is 0 Å². The molecule has 0 bridgehead atoms. The van der Waals surface area contributed by atoms with Crippen molar-refractivity contribution in [3.8, 4) is 0 Å². The molecule has 0 amide bonds. The number of aliphatic imine (C=N–C) groups is 1. The average Bonchev–Trinajstić information content (AvgIpc) is 2.99. The van der Waals surface area contributed by atoms with Gasteiger partial charge in [-0.2, -0.15) is 5.10 Å². The molecule has 0 saturated carbocycles. The summed E-state index contributed by atoms with van der Waals surface area (Å²) in [6.45, 7) is 12.0. The molecule has 1 aromatic heterocycles. The van der Waals surface area contributed by atoms with Crippen molar-refractivity contribution in [1.29, 1.82) is 0 Å². The first-order valence-corrected chi connectivity index (χ1v) is 8.41. The second-order valence-corrected chi connectivity index (χ2v) is 6.94. The standard InChI is InChI=1S/C17H31N5/c1-7-14-13(15(8-2)21(6)20-14)11-19-16(18-5)22-10-9-17(3,4)12-22/h7-12H2,1-6H3,(H,18,19). The summed E-state index contributed by atoms with van der Waals surface area (Å²) in [5.74, 6) is 1.01. The topological polar surface area (TPSA) is 45.5 Å². The Kier molecular flexibility index (Phi) is 5.14. The van der Waals surface area contributed by atoms with E-state index in [0.717, 1.165) is 38.4 Å². The maximum absolute atomic E-state index is 4.65. The monoisotopic (exact) mass is 305 g/mol. The van der Waals surface area contributed by atoms with E-state index in [1.165, 1.54) is 23.4 Å². The molecule has 5 heteroatoms. The average molecular weight is 305 g/mol. The van der Waals surface area contributed by atoms with Gasteiger partial charge in [-0.15, -0.1) is 0 Å². The number of hydrogen-bond donors (Lipinski definition) is 1. The second-order valence-electron chi connectivity index (χ2n) is 6.94. The van der Waals surface area contributed by atoms with Gasteiger partial charge in [0.15, 0.2) is 5.96 Å². The second kappa shape index (κ2) is 6.71. The van der Waals surface area contributed by atoms with E-state index in [9.17, 15) is 0 Å². The molecular weight excluding hydrogens is 274 g/mol. The van der Waals surface area contributed by atoms with Crippen LogP contribution >= 0.6 is 0 Å². The fourth-order valence-electron chi connectivity index (χ4n) is 3.39. The van der Waals surface area contributed by atoms with Gasteiger partial charge < -0.3 is 10.2 Å². The third-order valence-corrected chi connectivity index (χ3v) is 4.64. The first kappa shape index (κ1) is 16.8. The molecule has 2 heterocycles. The smallest absolute Gasteiger partial charge is 0.193 e. The molecule has 1 aromatic rings. The van der Waals surface area contributed by atoms with Crippen LogP contribution < -0.4 is 5.32 Å². The third kappa shape index (κ3) is 3.45. The number of likely N-dealkylation sites (tertiary alicyclic amines) is 1. The van der Waals surface area contributed by atoms with Gasteiger partial charge in [-0.3, -0.25) is 9.67 Å². The molecular formula is C17H31N5. The molecule has 1 N–H and O–H groups in total. The summed E-state index contributed by atoms with van der Waals surface area (Å²) in [5, 5.41) is 8.20. The van der Waals surface area contributed by atoms with E-state index in [4.69, 9.17) is 0 Å². The van der Waals surface area contributed by atoms with Gasteiger partial charge in [0.1, 0.15) is 0 Å². The van der Waals surface area contributed by atoms with E-state index in [1.54, 1.807) is 0 Å². The highest BCUT2D eigenvalue weighted by molar-refractivity contribution is 5.80. The van der Waals surface area contributed by atoms with Crippen molar-refractivity contribution >= 4 is 5.96 Å². The summed E-state index contributed by atoms with van der Waals surface area (Å²) in [6.07, 6.45) is 3.21. The molecule has 2 rings (SSSR count). The molecule has 1 saturated heterocycles. The van der Waals surface area contributed by atoms with Crippen LogP contribution in [0, 0.1) is 5.41 Å². The summed E-state index contributed by atoms with van der Waals surface area (Å²) in [7, 11) is 3.91. The van der Waals surface area contributed by atoms with Crippen LogP contribution in [0.25, 0.3) is 0 Å². The normalized spacial score (nSPS) is 18.1. The number of nitrogens with one attached hydrogen (secondary N) is 1. The zero-order valence-electron chi connectivity index (χ0n) is 15.0. The number of guanidine groups is 1. The van der Waals surface area contributed by atoms with Crippen molar-refractivity contribution in [3.05, 3.63) is 17.0 Å². The fourth-order valence-corrected chi connectivity index (χ4v) is 3.39. The highest BCUT2D eigenvalue weighted by Gasteiger charge is 2.31. The predicted molar refractivity (Wildman–Crippen MR) is 92.1 cm³/mol. The molecule has 0 radical (unpaired) electrons. The van der Waals surface area contributed by atoms with Gasteiger partial charge in [0.05, 0.1) is 5.69 Å². The Hall–Kier alpha value is -1.52. The third-order valence-electron chi connectivity index (χ3n) is 4.64. The molecule has 0 unspecified atom stereocenters. The molecule has 5 nitrogen and oxygen atoms in total. The number of rotatable bonds is 4. The Morgan fingerprint density at radius 3 is 2.55 bits per heavy atom. The zero-order chi connectivity index (χ0) is 16.3. The van der Waals surface area contributed by atoms with E-state index in [1.807, 2.05) is 18.8 Å². The van der Waals surface area contributed by atoms with Crippen LogP contribution in [0.1, 0.15) is 51.1 Å².